The lowest BCUT2D eigenvalue weighted by molar-refractivity contribution is 0.0939. The van der Waals surface area contributed by atoms with Crippen molar-refractivity contribution in [1.29, 1.82) is 0 Å². The number of hydrogen-bond acceptors (Lipinski definition) is 7. The number of piperidine rings is 1. The fourth-order valence-corrected chi connectivity index (χ4v) is 5.53. The molecule has 1 saturated heterocycles. The maximum absolute atomic E-state index is 13.4. The summed E-state index contributed by atoms with van der Waals surface area (Å²) >= 11 is 0. The number of nitrogens with zero attached hydrogens (tertiary/aromatic N) is 1. The smallest absolute Gasteiger partial charge is 0.268 e. The van der Waals surface area contributed by atoms with E-state index in [-0.39, 0.29) is 29.3 Å². The number of fused-ring (bicyclic) bond motifs is 2. The first-order chi connectivity index (χ1) is 15.0. The molecule has 1 fully saturated rings. The van der Waals surface area contributed by atoms with Crippen molar-refractivity contribution in [2.45, 2.75) is 19.3 Å². The van der Waals surface area contributed by atoms with Gasteiger partial charge in [-0.2, -0.15) is 0 Å². The number of carbonyl (C=O) groups excluding carboxylic acids is 2. The highest BCUT2D eigenvalue weighted by atomic mass is 32.2. The lowest BCUT2D eigenvalue weighted by atomic mass is 9.91. The van der Waals surface area contributed by atoms with Crippen LogP contribution >= 0.6 is 0 Å². The van der Waals surface area contributed by atoms with Gasteiger partial charge in [0.25, 0.3) is 10.0 Å². The Labute approximate surface area is 179 Å². The number of allylic oxidation sites excluding steroid dienone is 2. The minimum absolute atomic E-state index is 0.0448. The quantitative estimate of drug-likeness (QED) is 0.780. The first kappa shape index (κ1) is 19.6. The molecule has 1 aliphatic carbocycles. The number of likely N-dealkylation sites (tertiary alicyclic amines) is 1. The Morgan fingerprint density at radius 3 is 2.26 bits per heavy atom. The Kier molecular flexibility index (Phi) is 4.70. The normalized spacial score (nSPS) is 18.3. The molecule has 0 aromatic heterocycles. The van der Waals surface area contributed by atoms with Crippen LogP contribution in [0.2, 0.25) is 0 Å². The van der Waals surface area contributed by atoms with E-state index in [2.05, 4.69) is 4.72 Å². The van der Waals surface area contributed by atoms with E-state index in [0.29, 0.717) is 24.6 Å². The third-order valence-corrected chi connectivity index (χ3v) is 7.04. The van der Waals surface area contributed by atoms with Gasteiger partial charge in [-0.05, 0) is 31.4 Å². The summed E-state index contributed by atoms with van der Waals surface area (Å²) < 4.78 is 39.9. The molecule has 0 bridgehead atoms. The van der Waals surface area contributed by atoms with Crippen LogP contribution in [-0.4, -0.2) is 44.8 Å². The van der Waals surface area contributed by atoms with E-state index in [1.807, 2.05) is 0 Å². The minimum Gasteiger partial charge on any atom is -0.454 e. The zero-order chi connectivity index (χ0) is 21.6. The Balaban J connectivity index is 1.61. The lowest BCUT2D eigenvalue weighted by Crippen LogP contribution is -2.40. The van der Waals surface area contributed by atoms with Crippen molar-refractivity contribution in [2.24, 2.45) is 0 Å². The van der Waals surface area contributed by atoms with Crippen LogP contribution in [0.1, 0.15) is 40.0 Å². The van der Waals surface area contributed by atoms with Crippen molar-refractivity contribution < 1.29 is 27.5 Å². The molecule has 2 aliphatic heterocycles. The highest BCUT2D eigenvalue weighted by Gasteiger charge is 2.41. The van der Waals surface area contributed by atoms with E-state index in [1.165, 1.54) is 18.2 Å². The predicted octanol–water partition coefficient (Wildman–Crippen LogP) is 2.93. The molecule has 5 rings (SSSR count). The second-order valence-electron chi connectivity index (χ2n) is 7.60. The number of Topliss-reactive ketones (excluding diaryl/α,β-unsaturated/α-hetero) is 2. The second-order valence-corrected chi connectivity index (χ2v) is 9.22. The molecular formula is C22H20N2O6S. The van der Waals surface area contributed by atoms with Crippen LogP contribution < -0.4 is 14.2 Å². The molecule has 0 unspecified atom stereocenters. The van der Waals surface area contributed by atoms with Crippen molar-refractivity contribution in [3.63, 3.8) is 0 Å². The molecule has 8 nitrogen and oxygen atoms in total. The first-order valence-electron chi connectivity index (χ1n) is 10.1. The zero-order valence-corrected chi connectivity index (χ0v) is 17.4. The van der Waals surface area contributed by atoms with Gasteiger partial charge in [-0.3, -0.25) is 14.3 Å². The molecule has 2 heterocycles. The van der Waals surface area contributed by atoms with E-state index in [0.717, 1.165) is 19.3 Å². The van der Waals surface area contributed by atoms with Crippen LogP contribution in [0.4, 0.5) is 5.69 Å². The van der Waals surface area contributed by atoms with E-state index in [1.54, 1.807) is 29.2 Å². The van der Waals surface area contributed by atoms with Crippen molar-refractivity contribution in [3.05, 3.63) is 64.2 Å². The second kappa shape index (κ2) is 7.42. The van der Waals surface area contributed by atoms with Crippen LogP contribution in [0.5, 0.6) is 11.5 Å². The summed E-state index contributed by atoms with van der Waals surface area (Å²) in [4.78, 5) is 27.9. The number of anilines is 1. The van der Waals surface area contributed by atoms with Gasteiger partial charge in [0.15, 0.2) is 16.4 Å². The molecule has 31 heavy (non-hydrogen) atoms. The Bertz CT molecular complexity index is 1230. The van der Waals surface area contributed by atoms with Gasteiger partial charge in [0, 0.05) is 30.3 Å². The van der Waals surface area contributed by atoms with Crippen molar-refractivity contribution in [2.75, 3.05) is 24.6 Å². The summed E-state index contributed by atoms with van der Waals surface area (Å²) in [6, 6.07) is 10.9. The fraction of sp³-hybridized carbons (Fsp3) is 0.273. The maximum Gasteiger partial charge on any atom is 0.268 e. The summed E-state index contributed by atoms with van der Waals surface area (Å²) in [7, 11) is -4.36. The molecule has 9 heteroatoms. The molecular weight excluding hydrogens is 420 g/mol. The van der Waals surface area contributed by atoms with Crippen LogP contribution in [0.15, 0.2) is 53.1 Å². The average molecular weight is 440 g/mol. The third-order valence-electron chi connectivity index (χ3n) is 5.62. The average Bonchev–Trinajstić information content (AvgIpc) is 3.24. The van der Waals surface area contributed by atoms with Gasteiger partial charge in [-0.25, -0.2) is 8.42 Å². The molecule has 3 aliphatic rings. The molecule has 0 saturated carbocycles. The monoisotopic (exact) mass is 440 g/mol. The summed E-state index contributed by atoms with van der Waals surface area (Å²) in [6.07, 6.45) is 2.66. The Morgan fingerprint density at radius 1 is 0.839 bits per heavy atom. The lowest BCUT2D eigenvalue weighted by Gasteiger charge is -2.33. The Hall–Kier alpha value is -3.33. The number of ketones is 2. The summed E-state index contributed by atoms with van der Waals surface area (Å²) in [5.74, 6) is -0.206. The number of carbonyl (C=O) groups is 2. The van der Waals surface area contributed by atoms with Gasteiger partial charge < -0.3 is 14.4 Å². The van der Waals surface area contributed by atoms with Gasteiger partial charge in [-0.15, -0.1) is 0 Å². The van der Waals surface area contributed by atoms with Gasteiger partial charge in [-0.1, -0.05) is 24.3 Å². The van der Waals surface area contributed by atoms with Gasteiger partial charge in [0.1, 0.15) is 5.70 Å². The van der Waals surface area contributed by atoms with Crippen molar-refractivity contribution in [3.8, 4) is 11.5 Å². The molecule has 2 aromatic rings. The van der Waals surface area contributed by atoms with Crippen LogP contribution in [0.25, 0.3) is 0 Å². The number of rotatable bonds is 4. The Morgan fingerprint density at radius 2 is 1.52 bits per heavy atom. The van der Waals surface area contributed by atoms with Crippen LogP contribution in [0, 0.1) is 0 Å². The first-order valence-corrected chi connectivity index (χ1v) is 11.5. The van der Waals surface area contributed by atoms with Gasteiger partial charge in [0.2, 0.25) is 18.4 Å². The van der Waals surface area contributed by atoms with Crippen LogP contribution in [-0.2, 0) is 10.0 Å². The molecule has 2 aromatic carbocycles. The fourth-order valence-electron chi connectivity index (χ4n) is 4.16. The van der Waals surface area contributed by atoms with Crippen molar-refractivity contribution in [1.82, 2.24) is 4.90 Å². The molecule has 0 amide bonds. The molecule has 160 valence electrons. The molecule has 0 spiro atoms. The number of nitrogens with one attached hydrogen (secondary N) is 1. The predicted molar refractivity (Wildman–Crippen MR) is 113 cm³/mol. The highest BCUT2D eigenvalue weighted by Crippen LogP contribution is 2.37. The van der Waals surface area contributed by atoms with Gasteiger partial charge >= 0.3 is 0 Å². The minimum atomic E-state index is -4.36. The number of ether oxygens (including phenoxy) is 2. The molecule has 0 radical (unpaired) electrons. The summed E-state index contributed by atoms with van der Waals surface area (Å²) in [6.45, 7) is 1.11. The summed E-state index contributed by atoms with van der Waals surface area (Å²) in [5.41, 5.74) is 0.500. The van der Waals surface area contributed by atoms with E-state index in [9.17, 15) is 18.0 Å². The molecule has 1 N–H and O–H groups in total. The number of hydrogen-bond donors (Lipinski definition) is 1. The van der Waals surface area contributed by atoms with E-state index in [4.69, 9.17) is 9.47 Å². The van der Waals surface area contributed by atoms with E-state index >= 15 is 0 Å². The topological polar surface area (TPSA) is 102 Å². The van der Waals surface area contributed by atoms with Gasteiger partial charge in [0.05, 0.1) is 5.69 Å². The third kappa shape index (κ3) is 3.34. The standard InChI is InChI=1S/C22H20N2O6S/c25-20-15-6-2-3-7-16(15)21(26)22(19(20)24-10-4-1-5-11-24)31(27,28)23-14-8-9-17-18(12-14)30-13-29-17/h2-3,6-9,12,23H,1,4-5,10-11,13H2. The summed E-state index contributed by atoms with van der Waals surface area (Å²) in [5, 5.41) is 0. The number of benzene rings is 2. The SMILES string of the molecule is O=C1C(N2CCCCC2)=C(S(=O)(=O)Nc2ccc3c(c2)OCO3)C(=O)c2ccccc21. The largest absolute Gasteiger partial charge is 0.454 e. The van der Waals surface area contributed by atoms with E-state index < -0.39 is 26.5 Å². The van der Waals surface area contributed by atoms with Crippen LogP contribution in [0.3, 0.4) is 0 Å². The highest BCUT2D eigenvalue weighted by molar-refractivity contribution is 7.97. The maximum atomic E-state index is 13.4. The molecule has 0 atom stereocenters. The zero-order valence-electron chi connectivity index (χ0n) is 16.6. The number of sulfonamides is 1. The van der Waals surface area contributed by atoms with Crippen molar-refractivity contribution >= 4 is 27.3 Å².